The molecule has 0 saturated heterocycles. The van der Waals surface area contributed by atoms with E-state index in [9.17, 15) is 0 Å². The zero-order valence-electron chi connectivity index (χ0n) is 7.50. The number of para-hydroxylation sites is 1. The van der Waals surface area contributed by atoms with Crippen LogP contribution < -0.4 is 0 Å². The largest absolute Gasteiger partial charge is 0.238 e. The number of aryl methyl sites for hydroxylation is 2. The summed E-state index contributed by atoms with van der Waals surface area (Å²) < 4.78 is 1.03. The van der Waals surface area contributed by atoms with Crippen molar-refractivity contribution in [3.05, 3.63) is 34.2 Å². The van der Waals surface area contributed by atoms with Crippen molar-refractivity contribution in [3.8, 4) is 0 Å². The van der Waals surface area contributed by atoms with Crippen LogP contribution in [0.15, 0.2) is 22.7 Å². The summed E-state index contributed by atoms with van der Waals surface area (Å²) in [6.45, 7) is 3.91. The van der Waals surface area contributed by atoms with Gasteiger partial charge in [-0.2, -0.15) is 0 Å². The molecule has 0 amide bonds. The van der Waals surface area contributed by atoms with Gasteiger partial charge in [-0.1, -0.05) is 12.1 Å². The predicted octanol–water partition coefficient (Wildman–Crippen LogP) is 3.01. The van der Waals surface area contributed by atoms with Gasteiger partial charge in [-0.05, 0) is 35.8 Å². The van der Waals surface area contributed by atoms with Crippen LogP contribution in [0.5, 0.6) is 0 Å². The first kappa shape index (κ1) is 8.63. The Balaban J connectivity index is 2.94. The summed E-state index contributed by atoms with van der Waals surface area (Å²) in [5.41, 5.74) is 2.02. The maximum Gasteiger partial charge on any atom is 0.126 e. The van der Waals surface area contributed by atoms with E-state index in [4.69, 9.17) is 0 Å². The van der Waals surface area contributed by atoms with Crippen LogP contribution in [0, 0.1) is 13.8 Å². The third-order valence-corrected chi connectivity index (χ3v) is 2.62. The van der Waals surface area contributed by atoms with Gasteiger partial charge in [-0.25, -0.2) is 9.97 Å². The number of benzene rings is 1. The molecule has 2 aromatic rings. The number of nitrogens with zero attached hydrogens (tertiary/aromatic N) is 2. The van der Waals surface area contributed by atoms with Crippen LogP contribution in [0.4, 0.5) is 0 Å². The number of hydrogen-bond acceptors (Lipinski definition) is 2. The van der Waals surface area contributed by atoms with Gasteiger partial charge in [0.15, 0.2) is 0 Å². The lowest BCUT2D eigenvalue weighted by molar-refractivity contribution is 1.05. The summed E-state index contributed by atoms with van der Waals surface area (Å²) in [6.07, 6.45) is 0. The van der Waals surface area contributed by atoms with Crippen molar-refractivity contribution in [1.82, 2.24) is 9.97 Å². The molecule has 0 aliphatic carbocycles. The first-order chi connectivity index (χ1) is 6.18. The molecule has 0 radical (unpaired) electrons. The smallest absolute Gasteiger partial charge is 0.126 e. The molecule has 0 unspecified atom stereocenters. The minimum Gasteiger partial charge on any atom is -0.238 e. The summed E-state index contributed by atoms with van der Waals surface area (Å²) >= 11 is 3.47. The van der Waals surface area contributed by atoms with Crippen LogP contribution in [-0.4, -0.2) is 9.97 Å². The Kier molecular flexibility index (Phi) is 2.04. The average molecular weight is 237 g/mol. The number of aromatic nitrogens is 2. The molecule has 0 bridgehead atoms. The van der Waals surface area contributed by atoms with Gasteiger partial charge in [0, 0.05) is 15.6 Å². The van der Waals surface area contributed by atoms with Crippen molar-refractivity contribution in [2.75, 3.05) is 0 Å². The van der Waals surface area contributed by atoms with E-state index < -0.39 is 0 Å². The van der Waals surface area contributed by atoms with Crippen molar-refractivity contribution in [1.29, 1.82) is 0 Å². The lowest BCUT2D eigenvalue weighted by Gasteiger charge is -2.03. The summed E-state index contributed by atoms with van der Waals surface area (Å²) in [5.74, 6) is 0.817. The van der Waals surface area contributed by atoms with Crippen LogP contribution >= 0.6 is 15.9 Å². The highest BCUT2D eigenvalue weighted by Crippen LogP contribution is 2.23. The summed E-state index contributed by atoms with van der Waals surface area (Å²) in [4.78, 5) is 8.69. The molecule has 0 N–H and O–H groups in total. The van der Waals surface area contributed by atoms with Crippen molar-refractivity contribution >= 4 is 26.8 Å². The van der Waals surface area contributed by atoms with Gasteiger partial charge in [0.2, 0.25) is 0 Å². The van der Waals surface area contributed by atoms with E-state index in [0.29, 0.717) is 0 Å². The first-order valence-electron chi connectivity index (χ1n) is 4.08. The van der Waals surface area contributed by atoms with Gasteiger partial charge in [-0.3, -0.25) is 0 Å². The van der Waals surface area contributed by atoms with E-state index in [-0.39, 0.29) is 0 Å². The molecule has 1 aromatic heterocycles. The summed E-state index contributed by atoms with van der Waals surface area (Å²) in [5, 5.41) is 1.11. The molecule has 0 atom stereocenters. The molecular weight excluding hydrogens is 228 g/mol. The third kappa shape index (κ3) is 1.44. The van der Waals surface area contributed by atoms with Gasteiger partial charge < -0.3 is 0 Å². The fourth-order valence-corrected chi connectivity index (χ4v) is 1.87. The Morgan fingerprint density at radius 2 is 1.92 bits per heavy atom. The lowest BCUT2D eigenvalue weighted by Crippen LogP contribution is -1.93. The Bertz CT molecular complexity index is 466. The van der Waals surface area contributed by atoms with E-state index in [1.165, 1.54) is 0 Å². The monoisotopic (exact) mass is 236 g/mol. The van der Waals surface area contributed by atoms with Crippen molar-refractivity contribution in [2.45, 2.75) is 13.8 Å². The lowest BCUT2D eigenvalue weighted by atomic mass is 10.2. The zero-order chi connectivity index (χ0) is 9.42. The number of halogens is 1. The minimum absolute atomic E-state index is 0.817. The van der Waals surface area contributed by atoms with Crippen LogP contribution in [0.3, 0.4) is 0 Å². The highest BCUT2D eigenvalue weighted by atomic mass is 79.9. The number of rotatable bonds is 0. The first-order valence-corrected chi connectivity index (χ1v) is 4.87. The molecular formula is C10H9BrN2. The fraction of sp³-hybridized carbons (Fsp3) is 0.200. The highest BCUT2D eigenvalue weighted by Gasteiger charge is 2.03. The molecule has 66 valence electrons. The van der Waals surface area contributed by atoms with E-state index in [0.717, 1.165) is 26.9 Å². The van der Waals surface area contributed by atoms with Crippen molar-refractivity contribution < 1.29 is 0 Å². The molecule has 3 heteroatoms. The zero-order valence-corrected chi connectivity index (χ0v) is 9.09. The molecule has 0 spiro atoms. The van der Waals surface area contributed by atoms with Crippen molar-refractivity contribution in [2.24, 2.45) is 0 Å². The summed E-state index contributed by atoms with van der Waals surface area (Å²) in [6, 6.07) is 6.03. The molecule has 0 aliphatic heterocycles. The Labute approximate surface area is 85.1 Å². The second-order valence-corrected chi connectivity index (χ2v) is 3.85. The van der Waals surface area contributed by atoms with E-state index in [2.05, 4.69) is 25.9 Å². The highest BCUT2D eigenvalue weighted by molar-refractivity contribution is 9.10. The topological polar surface area (TPSA) is 25.8 Å². The number of fused-ring (bicyclic) bond motifs is 1. The van der Waals surface area contributed by atoms with Crippen LogP contribution in [-0.2, 0) is 0 Å². The molecule has 1 heterocycles. The minimum atomic E-state index is 0.817. The molecule has 13 heavy (non-hydrogen) atoms. The second-order valence-electron chi connectivity index (χ2n) is 2.99. The van der Waals surface area contributed by atoms with Gasteiger partial charge in [0.1, 0.15) is 5.82 Å². The average Bonchev–Trinajstić information content (AvgIpc) is 2.07. The molecule has 2 rings (SSSR count). The maximum atomic E-state index is 4.38. The molecule has 0 saturated carbocycles. The SMILES string of the molecule is Cc1nc(C)c2cccc(Br)c2n1. The molecule has 1 aromatic carbocycles. The Morgan fingerprint density at radius 3 is 2.69 bits per heavy atom. The van der Waals surface area contributed by atoms with Gasteiger partial charge in [0.05, 0.1) is 5.52 Å². The summed E-state index contributed by atoms with van der Waals surface area (Å²) in [7, 11) is 0. The Morgan fingerprint density at radius 1 is 1.15 bits per heavy atom. The molecule has 0 fully saturated rings. The van der Waals surface area contributed by atoms with Crippen LogP contribution in [0.1, 0.15) is 11.5 Å². The fourth-order valence-electron chi connectivity index (χ4n) is 1.41. The predicted molar refractivity (Wildman–Crippen MR) is 56.7 cm³/mol. The van der Waals surface area contributed by atoms with E-state index in [1.54, 1.807) is 0 Å². The quantitative estimate of drug-likeness (QED) is 0.703. The molecule has 2 nitrogen and oxygen atoms in total. The standard InChI is InChI=1S/C10H9BrN2/c1-6-8-4-3-5-9(11)10(8)13-7(2)12-6/h3-5H,1-2H3. The van der Waals surface area contributed by atoms with Gasteiger partial charge >= 0.3 is 0 Å². The maximum absolute atomic E-state index is 4.38. The second kappa shape index (κ2) is 3.07. The normalized spacial score (nSPS) is 10.7. The van der Waals surface area contributed by atoms with E-state index in [1.807, 2.05) is 32.0 Å². The van der Waals surface area contributed by atoms with Crippen LogP contribution in [0.25, 0.3) is 10.9 Å². The van der Waals surface area contributed by atoms with E-state index >= 15 is 0 Å². The Hall–Kier alpha value is -0.960. The number of hydrogen-bond donors (Lipinski definition) is 0. The van der Waals surface area contributed by atoms with Gasteiger partial charge in [-0.15, -0.1) is 0 Å². The van der Waals surface area contributed by atoms with Gasteiger partial charge in [0.25, 0.3) is 0 Å². The third-order valence-electron chi connectivity index (χ3n) is 1.98. The molecule has 0 aliphatic rings. The van der Waals surface area contributed by atoms with Crippen molar-refractivity contribution in [3.63, 3.8) is 0 Å². The van der Waals surface area contributed by atoms with Crippen LogP contribution in [0.2, 0.25) is 0 Å².